The van der Waals surface area contributed by atoms with Crippen LogP contribution in [-0.2, 0) is 14.8 Å². The summed E-state index contributed by atoms with van der Waals surface area (Å²) in [6.07, 6.45) is 4.03. The van der Waals surface area contributed by atoms with Gasteiger partial charge in [0.15, 0.2) is 0 Å². The lowest BCUT2D eigenvalue weighted by atomic mass is 9.99. The fourth-order valence-corrected chi connectivity index (χ4v) is 3.85. The van der Waals surface area contributed by atoms with Crippen LogP contribution in [-0.4, -0.2) is 58.0 Å². The molecule has 142 valence electrons. The molecule has 2 aromatic heterocycles. The van der Waals surface area contributed by atoms with E-state index < -0.39 is 15.9 Å². The van der Waals surface area contributed by atoms with E-state index in [0.29, 0.717) is 25.1 Å². The molecule has 1 amide bonds. The van der Waals surface area contributed by atoms with E-state index in [4.69, 9.17) is 4.42 Å². The smallest absolute Gasteiger partial charge is 0.322 e. The van der Waals surface area contributed by atoms with Gasteiger partial charge in [-0.2, -0.15) is 5.10 Å². The Labute approximate surface area is 151 Å². The minimum atomic E-state index is -3.31. The topological polar surface area (TPSA) is 123 Å². The fourth-order valence-electron chi connectivity index (χ4n) is 2.94. The molecule has 1 N–H and O–H groups in total. The fraction of sp³-hybridized carbons (Fsp3) is 0.600. The van der Waals surface area contributed by atoms with Crippen LogP contribution in [0.4, 0.5) is 6.01 Å². The van der Waals surface area contributed by atoms with Gasteiger partial charge in [0.05, 0.1) is 12.2 Å². The number of piperidine rings is 1. The largest absolute Gasteiger partial charge is 0.401 e. The monoisotopic (exact) mass is 382 g/mol. The van der Waals surface area contributed by atoms with Gasteiger partial charge in [-0.05, 0) is 32.8 Å². The number of nitrogens with one attached hydrogen (secondary N) is 1. The van der Waals surface area contributed by atoms with Crippen molar-refractivity contribution in [2.24, 2.45) is 5.92 Å². The highest BCUT2D eigenvalue weighted by molar-refractivity contribution is 7.88. The van der Waals surface area contributed by atoms with Crippen molar-refractivity contribution in [2.45, 2.75) is 32.7 Å². The molecule has 2 aromatic rings. The van der Waals surface area contributed by atoms with Gasteiger partial charge >= 0.3 is 6.01 Å². The van der Waals surface area contributed by atoms with Crippen LogP contribution in [0.1, 0.15) is 32.7 Å². The van der Waals surface area contributed by atoms with Crippen molar-refractivity contribution in [2.75, 3.05) is 24.7 Å². The van der Waals surface area contributed by atoms with Crippen LogP contribution in [0.2, 0.25) is 0 Å². The van der Waals surface area contributed by atoms with Crippen LogP contribution in [0.15, 0.2) is 16.7 Å². The average Bonchev–Trinajstić information content (AvgIpc) is 3.22. The highest BCUT2D eigenvalue weighted by Gasteiger charge is 2.31. The molecule has 10 nitrogen and oxygen atoms in total. The number of aromatic nitrogens is 4. The Morgan fingerprint density at radius 3 is 2.85 bits per heavy atom. The number of amides is 1. The summed E-state index contributed by atoms with van der Waals surface area (Å²) in [7, 11) is -3.31. The van der Waals surface area contributed by atoms with E-state index in [-0.39, 0.29) is 30.4 Å². The Hall–Kier alpha value is -2.27. The molecular formula is C15H22N6O4S. The van der Waals surface area contributed by atoms with Crippen molar-refractivity contribution in [1.82, 2.24) is 24.3 Å². The van der Waals surface area contributed by atoms with Crippen LogP contribution in [0.5, 0.6) is 0 Å². The SMILES string of the molecule is CC(C)n1nccc1-c1nnc(NC(=O)C2CCCN(S(C)(=O)=O)C2)o1. The third-order valence-electron chi connectivity index (χ3n) is 4.26. The number of carbonyl (C=O) groups is 1. The molecule has 1 saturated heterocycles. The van der Waals surface area contributed by atoms with Crippen molar-refractivity contribution in [1.29, 1.82) is 0 Å². The zero-order valence-corrected chi connectivity index (χ0v) is 15.7. The minimum absolute atomic E-state index is 0.0158. The summed E-state index contributed by atoms with van der Waals surface area (Å²) >= 11 is 0. The van der Waals surface area contributed by atoms with E-state index in [1.807, 2.05) is 13.8 Å². The molecule has 26 heavy (non-hydrogen) atoms. The minimum Gasteiger partial charge on any atom is -0.401 e. The lowest BCUT2D eigenvalue weighted by Gasteiger charge is -2.29. The predicted octanol–water partition coefficient (Wildman–Crippen LogP) is 1.12. The van der Waals surface area contributed by atoms with Crippen molar-refractivity contribution in [3.8, 4) is 11.6 Å². The van der Waals surface area contributed by atoms with E-state index in [0.717, 1.165) is 6.26 Å². The van der Waals surface area contributed by atoms with Crippen molar-refractivity contribution in [3.63, 3.8) is 0 Å². The summed E-state index contributed by atoms with van der Waals surface area (Å²) < 4.78 is 31.9. The highest BCUT2D eigenvalue weighted by Crippen LogP contribution is 2.24. The standard InChI is InChI=1S/C15H22N6O4S/c1-10(2)21-12(6-7-16-21)14-18-19-15(25-14)17-13(22)11-5-4-8-20(9-11)26(3,23)24/h6-7,10-11H,4-5,8-9H2,1-3H3,(H,17,19,22). The average molecular weight is 382 g/mol. The van der Waals surface area contributed by atoms with Crippen molar-refractivity contribution < 1.29 is 17.6 Å². The van der Waals surface area contributed by atoms with Crippen molar-refractivity contribution >= 4 is 21.9 Å². The summed E-state index contributed by atoms with van der Waals surface area (Å²) in [5.74, 6) is -0.520. The number of nitrogens with zero attached hydrogens (tertiary/aromatic N) is 5. The summed E-state index contributed by atoms with van der Waals surface area (Å²) in [6, 6.07) is 1.86. The van der Waals surface area contributed by atoms with Gasteiger partial charge in [-0.15, -0.1) is 5.10 Å². The number of hydrogen-bond acceptors (Lipinski definition) is 7. The first-order valence-corrected chi connectivity index (χ1v) is 10.2. The van der Waals surface area contributed by atoms with Crippen LogP contribution >= 0.6 is 0 Å². The molecule has 3 rings (SSSR count). The molecule has 0 spiro atoms. The molecule has 1 unspecified atom stereocenters. The third-order valence-corrected chi connectivity index (χ3v) is 5.53. The number of hydrogen-bond donors (Lipinski definition) is 1. The summed E-state index contributed by atoms with van der Waals surface area (Å²) in [5.41, 5.74) is 0.661. The quantitative estimate of drug-likeness (QED) is 0.822. The molecule has 1 atom stereocenters. The normalized spacial score (nSPS) is 19.0. The van der Waals surface area contributed by atoms with Crippen LogP contribution in [0, 0.1) is 5.92 Å². The maximum Gasteiger partial charge on any atom is 0.322 e. The van der Waals surface area contributed by atoms with E-state index in [1.165, 1.54) is 4.31 Å². The molecule has 1 aliphatic heterocycles. The Balaban J connectivity index is 1.69. The molecule has 0 aromatic carbocycles. The van der Waals surface area contributed by atoms with E-state index in [1.54, 1.807) is 16.9 Å². The van der Waals surface area contributed by atoms with Gasteiger partial charge in [-0.25, -0.2) is 12.7 Å². The van der Waals surface area contributed by atoms with Gasteiger partial charge in [0.2, 0.25) is 15.9 Å². The first-order chi connectivity index (χ1) is 12.3. The molecule has 3 heterocycles. The molecule has 0 bridgehead atoms. The third kappa shape index (κ3) is 3.93. The number of sulfonamides is 1. The molecule has 1 fully saturated rings. The zero-order valence-electron chi connectivity index (χ0n) is 14.9. The first-order valence-electron chi connectivity index (χ1n) is 8.39. The number of carbonyl (C=O) groups excluding carboxylic acids is 1. The summed E-state index contributed by atoms with van der Waals surface area (Å²) in [6.45, 7) is 4.55. The molecule has 0 aliphatic carbocycles. The van der Waals surface area contributed by atoms with Crippen molar-refractivity contribution in [3.05, 3.63) is 12.3 Å². The number of rotatable bonds is 5. The first kappa shape index (κ1) is 18.5. The molecular weight excluding hydrogens is 360 g/mol. The van der Waals surface area contributed by atoms with Gasteiger partial charge in [-0.3, -0.25) is 14.8 Å². The molecule has 11 heteroatoms. The second-order valence-electron chi connectivity index (χ2n) is 6.62. The Kier molecular flexibility index (Phi) is 5.10. The Bertz CT molecular complexity index is 888. The van der Waals surface area contributed by atoms with E-state index in [2.05, 4.69) is 20.6 Å². The van der Waals surface area contributed by atoms with E-state index in [9.17, 15) is 13.2 Å². The second-order valence-corrected chi connectivity index (χ2v) is 8.60. The highest BCUT2D eigenvalue weighted by atomic mass is 32.2. The lowest BCUT2D eigenvalue weighted by molar-refractivity contribution is -0.121. The predicted molar refractivity (Wildman–Crippen MR) is 93.7 cm³/mol. The Morgan fingerprint density at radius 1 is 1.38 bits per heavy atom. The summed E-state index contributed by atoms with van der Waals surface area (Å²) in [4.78, 5) is 12.4. The zero-order chi connectivity index (χ0) is 18.9. The van der Waals surface area contributed by atoms with Gasteiger partial charge < -0.3 is 4.42 Å². The summed E-state index contributed by atoms with van der Waals surface area (Å²) in [5, 5.41) is 14.6. The van der Waals surface area contributed by atoms with Crippen LogP contribution < -0.4 is 5.32 Å². The second kappa shape index (κ2) is 7.16. The maximum atomic E-state index is 12.4. The van der Waals surface area contributed by atoms with Gasteiger partial charge in [0, 0.05) is 25.3 Å². The molecule has 1 aliphatic rings. The van der Waals surface area contributed by atoms with Gasteiger partial charge in [-0.1, -0.05) is 5.10 Å². The lowest BCUT2D eigenvalue weighted by Crippen LogP contribution is -2.43. The van der Waals surface area contributed by atoms with Crippen LogP contribution in [0.25, 0.3) is 11.6 Å². The number of anilines is 1. The molecule has 0 radical (unpaired) electrons. The van der Waals surface area contributed by atoms with Gasteiger partial charge in [0.1, 0.15) is 5.69 Å². The molecule has 0 saturated carbocycles. The van der Waals surface area contributed by atoms with Crippen LogP contribution in [0.3, 0.4) is 0 Å². The maximum absolute atomic E-state index is 12.4. The van der Waals surface area contributed by atoms with Gasteiger partial charge in [0.25, 0.3) is 5.89 Å². The Morgan fingerprint density at radius 2 is 2.15 bits per heavy atom. The van der Waals surface area contributed by atoms with E-state index >= 15 is 0 Å².